The molecule has 1 aromatic carbocycles. The van der Waals surface area contributed by atoms with E-state index in [1.54, 1.807) is 26.0 Å². The summed E-state index contributed by atoms with van der Waals surface area (Å²) in [6, 6.07) is 2.23. The summed E-state index contributed by atoms with van der Waals surface area (Å²) < 4.78 is 27.3. The van der Waals surface area contributed by atoms with Crippen LogP contribution in [-0.4, -0.2) is 6.21 Å². The molecule has 0 amide bonds. The number of nitrogen functional groups attached to an aromatic ring is 1. The van der Waals surface area contributed by atoms with Gasteiger partial charge in [0, 0.05) is 11.8 Å². The van der Waals surface area contributed by atoms with Crippen molar-refractivity contribution in [2.75, 3.05) is 5.73 Å². The van der Waals surface area contributed by atoms with E-state index in [9.17, 15) is 8.78 Å². The minimum Gasteiger partial charge on any atom is -0.396 e. The van der Waals surface area contributed by atoms with Crippen molar-refractivity contribution in [3.8, 4) is 11.8 Å². The van der Waals surface area contributed by atoms with Crippen LogP contribution in [-0.2, 0) is 0 Å². The van der Waals surface area contributed by atoms with Gasteiger partial charge in [-0.15, -0.1) is 0 Å². The van der Waals surface area contributed by atoms with E-state index in [0.29, 0.717) is 16.7 Å². The van der Waals surface area contributed by atoms with Crippen LogP contribution in [0.1, 0.15) is 19.4 Å². The average Bonchev–Trinajstić information content (AvgIpc) is 2.45. The lowest BCUT2D eigenvalue weighted by Crippen LogP contribution is -1.97. The topological polar surface area (TPSA) is 49.9 Å². The molecular weight excluding hydrogens is 270 g/mol. The van der Waals surface area contributed by atoms with Crippen molar-refractivity contribution >= 4 is 11.9 Å². The monoisotopic (exact) mass is 286 g/mol. The van der Waals surface area contributed by atoms with Gasteiger partial charge in [-0.25, -0.2) is 8.78 Å². The second-order valence-corrected chi connectivity index (χ2v) is 4.34. The van der Waals surface area contributed by atoms with Gasteiger partial charge in [-0.2, -0.15) is 0 Å². The lowest BCUT2D eigenvalue weighted by atomic mass is 10.1. The number of nitrogens with one attached hydrogen (secondary N) is 1. The Balaban J connectivity index is 3.26. The molecule has 1 aromatic rings. The van der Waals surface area contributed by atoms with Crippen molar-refractivity contribution in [3.05, 3.63) is 64.8 Å². The molecule has 0 radical (unpaired) electrons. The summed E-state index contributed by atoms with van der Waals surface area (Å²) in [6.45, 7) is 7.24. The smallest absolute Gasteiger partial charge is 0.164 e. The Morgan fingerprint density at radius 1 is 1.38 bits per heavy atom. The van der Waals surface area contributed by atoms with E-state index in [4.69, 9.17) is 11.1 Å². The quantitative estimate of drug-likeness (QED) is 0.375. The number of anilines is 1. The van der Waals surface area contributed by atoms with Crippen LogP contribution < -0.4 is 5.73 Å². The Kier molecular flexibility index (Phi) is 5.62. The summed E-state index contributed by atoms with van der Waals surface area (Å²) >= 11 is 0. The maximum absolute atomic E-state index is 13.7. The Labute approximate surface area is 123 Å². The summed E-state index contributed by atoms with van der Waals surface area (Å²) in [7, 11) is 0. The Hall–Kier alpha value is -2.67. The largest absolute Gasteiger partial charge is 0.396 e. The van der Waals surface area contributed by atoms with Crippen molar-refractivity contribution in [3.63, 3.8) is 0 Å². The van der Waals surface area contributed by atoms with Crippen molar-refractivity contribution in [1.82, 2.24) is 0 Å². The second kappa shape index (κ2) is 7.20. The van der Waals surface area contributed by atoms with E-state index in [1.807, 2.05) is 0 Å². The Morgan fingerprint density at radius 3 is 2.57 bits per heavy atom. The summed E-state index contributed by atoms with van der Waals surface area (Å²) in [5, 5.41) is 7.29. The lowest BCUT2D eigenvalue weighted by Gasteiger charge is -2.01. The van der Waals surface area contributed by atoms with E-state index in [0.717, 1.165) is 18.3 Å². The zero-order valence-corrected chi connectivity index (χ0v) is 11.9. The number of hydrogen-bond acceptors (Lipinski definition) is 2. The summed E-state index contributed by atoms with van der Waals surface area (Å²) in [4.78, 5) is 0. The molecule has 4 heteroatoms. The Morgan fingerprint density at radius 2 is 2.05 bits per heavy atom. The first kappa shape index (κ1) is 16.4. The van der Waals surface area contributed by atoms with Gasteiger partial charge in [-0.1, -0.05) is 24.5 Å². The van der Waals surface area contributed by atoms with Gasteiger partial charge in [-0.05, 0) is 43.2 Å². The van der Waals surface area contributed by atoms with Crippen molar-refractivity contribution in [2.24, 2.45) is 0 Å². The average molecular weight is 286 g/mol. The molecule has 0 saturated carbocycles. The molecule has 21 heavy (non-hydrogen) atoms. The van der Waals surface area contributed by atoms with Crippen molar-refractivity contribution < 1.29 is 8.78 Å². The minimum absolute atomic E-state index is 0.152. The molecule has 0 aliphatic heterocycles. The van der Waals surface area contributed by atoms with Gasteiger partial charge < -0.3 is 11.1 Å². The molecule has 0 fully saturated rings. The van der Waals surface area contributed by atoms with Gasteiger partial charge >= 0.3 is 0 Å². The molecule has 0 aliphatic rings. The second-order valence-electron chi connectivity index (χ2n) is 4.34. The molecule has 0 unspecified atom stereocenters. The predicted molar refractivity (Wildman–Crippen MR) is 83.1 cm³/mol. The zero-order chi connectivity index (χ0) is 16.0. The molecule has 108 valence electrons. The number of benzene rings is 1. The summed E-state index contributed by atoms with van der Waals surface area (Å²) in [6.07, 6.45) is 4.46. The van der Waals surface area contributed by atoms with Gasteiger partial charge in [0.2, 0.25) is 0 Å². The number of hydrogen-bond donors (Lipinski definition) is 2. The molecule has 0 aliphatic carbocycles. The van der Waals surface area contributed by atoms with E-state index < -0.39 is 11.6 Å². The highest BCUT2D eigenvalue weighted by Crippen LogP contribution is 2.17. The fourth-order valence-electron chi connectivity index (χ4n) is 1.47. The van der Waals surface area contributed by atoms with Gasteiger partial charge in [-0.3, -0.25) is 0 Å². The molecular formula is C17H16F2N2. The highest BCUT2D eigenvalue weighted by Gasteiger charge is 2.09. The number of nitrogens with two attached hydrogens (primary N) is 1. The summed E-state index contributed by atoms with van der Waals surface area (Å²) in [5.74, 6) is 3.48. The lowest BCUT2D eigenvalue weighted by molar-refractivity contribution is 0.580. The molecule has 0 heterocycles. The van der Waals surface area contributed by atoms with Crippen LogP contribution in [0.5, 0.6) is 0 Å². The third-order valence-corrected chi connectivity index (χ3v) is 2.72. The Bertz CT molecular complexity index is 701. The number of allylic oxidation sites excluding steroid dienone is 5. The van der Waals surface area contributed by atoms with Crippen LogP contribution in [0.25, 0.3) is 0 Å². The number of halogens is 2. The molecule has 0 atom stereocenters. The zero-order valence-electron chi connectivity index (χ0n) is 11.9. The van der Waals surface area contributed by atoms with Gasteiger partial charge in [0.15, 0.2) is 5.82 Å². The molecule has 0 aromatic heterocycles. The van der Waals surface area contributed by atoms with E-state index in [-0.39, 0.29) is 11.3 Å². The van der Waals surface area contributed by atoms with E-state index in [2.05, 4.69) is 18.4 Å². The first-order valence-electron chi connectivity index (χ1n) is 6.20. The predicted octanol–water partition coefficient (Wildman–Crippen LogP) is 4.00. The maximum Gasteiger partial charge on any atom is 0.164 e. The van der Waals surface area contributed by atoms with Crippen LogP contribution in [0.2, 0.25) is 0 Å². The fraction of sp³-hybridized carbons (Fsp3) is 0.118. The molecule has 1 rings (SSSR count). The standard InChI is InChI=1S/C17H16F2N2/c1-4-12(9-13(10-20)11(2)3)5-6-14-15(18)7-8-16(21)17(14)19/h4,7-10,20H,2,21H2,1,3H3/b12-4?,13-9-,20-10?. The summed E-state index contributed by atoms with van der Waals surface area (Å²) in [5.41, 5.74) is 6.69. The van der Waals surface area contributed by atoms with Crippen LogP contribution in [0.15, 0.2) is 47.6 Å². The molecule has 2 nitrogen and oxygen atoms in total. The van der Waals surface area contributed by atoms with Gasteiger partial charge in [0.05, 0.1) is 11.3 Å². The maximum atomic E-state index is 13.7. The fourth-order valence-corrected chi connectivity index (χ4v) is 1.47. The molecule has 0 saturated heterocycles. The van der Waals surface area contributed by atoms with Gasteiger partial charge in [0.25, 0.3) is 0 Å². The molecule has 0 bridgehead atoms. The highest BCUT2D eigenvalue weighted by molar-refractivity contribution is 5.83. The van der Waals surface area contributed by atoms with E-state index in [1.165, 1.54) is 0 Å². The van der Waals surface area contributed by atoms with Crippen LogP contribution in [0, 0.1) is 28.9 Å². The van der Waals surface area contributed by atoms with Crippen LogP contribution >= 0.6 is 0 Å². The van der Waals surface area contributed by atoms with Crippen molar-refractivity contribution in [1.29, 1.82) is 5.41 Å². The highest BCUT2D eigenvalue weighted by atomic mass is 19.1. The molecule has 3 N–H and O–H groups in total. The van der Waals surface area contributed by atoms with E-state index >= 15 is 0 Å². The number of rotatable bonds is 3. The first-order chi connectivity index (χ1) is 9.90. The van der Waals surface area contributed by atoms with Crippen LogP contribution in [0.3, 0.4) is 0 Å². The third-order valence-electron chi connectivity index (χ3n) is 2.72. The normalized spacial score (nSPS) is 11.6. The van der Waals surface area contributed by atoms with Crippen LogP contribution in [0.4, 0.5) is 14.5 Å². The van der Waals surface area contributed by atoms with Gasteiger partial charge in [0.1, 0.15) is 5.82 Å². The SMILES string of the molecule is C=C(C)/C(C=N)=C\C(C#Cc1c(F)ccc(N)c1F)=CC. The minimum atomic E-state index is -0.867. The first-order valence-corrected chi connectivity index (χ1v) is 6.20. The van der Waals surface area contributed by atoms with Crippen molar-refractivity contribution in [2.45, 2.75) is 13.8 Å². The third kappa shape index (κ3) is 4.15. The molecule has 0 spiro atoms.